The zero-order chi connectivity index (χ0) is 15.6. The van der Waals surface area contributed by atoms with E-state index >= 15 is 0 Å². The van der Waals surface area contributed by atoms with Crippen molar-refractivity contribution in [3.63, 3.8) is 0 Å². The van der Waals surface area contributed by atoms with Crippen molar-refractivity contribution in [2.45, 2.75) is 45.8 Å². The van der Waals surface area contributed by atoms with E-state index < -0.39 is 16.3 Å². The predicted molar refractivity (Wildman–Crippen MR) is 88.9 cm³/mol. The van der Waals surface area contributed by atoms with Crippen LogP contribution >= 0.6 is 11.3 Å². The van der Waals surface area contributed by atoms with Gasteiger partial charge in [0, 0.05) is 38.6 Å². The fourth-order valence-corrected chi connectivity index (χ4v) is 4.16. The van der Waals surface area contributed by atoms with Gasteiger partial charge in [-0.2, -0.15) is 0 Å². The maximum absolute atomic E-state index is 12.7. The van der Waals surface area contributed by atoms with Crippen LogP contribution < -0.4 is 5.32 Å². The molecule has 2 heterocycles. The van der Waals surface area contributed by atoms with Gasteiger partial charge >= 0.3 is 0 Å². The van der Waals surface area contributed by atoms with Gasteiger partial charge in [0.15, 0.2) is 0 Å². The second-order valence-corrected chi connectivity index (χ2v) is 8.80. The smallest absolute Gasteiger partial charge is 0.244 e. The van der Waals surface area contributed by atoms with Crippen LogP contribution in [0.3, 0.4) is 0 Å². The van der Waals surface area contributed by atoms with Crippen molar-refractivity contribution in [1.82, 2.24) is 10.2 Å². The van der Waals surface area contributed by atoms with Crippen LogP contribution in [-0.2, 0) is 15.6 Å². The average Bonchev–Trinajstić information content (AvgIpc) is 3.00. The second-order valence-electron chi connectivity index (χ2n) is 5.61. The summed E-state index contributed by atoms with van der Waals surface area (Å²) >= 11 is 1.71. The van der Waals surface area contributed by atoms with E-state index in [-0.39, 0.29) is 12.1 Å². The van der Waals surface area contributed by atoms with E-state index in [4.69, 9.17) is 0 Å². The first kappa shape index (κ1) is 16.6. The molecule has 0 aliphatic carbocycles. The van der Waals surface area contributed by atoms with E-state index in [1.54, 1.807) is 11.3 Å². The molecule has 1 aliphatic rings. The lowest BCUT2D eigenvalue weighted by Crippen LogP contribution is -2.43. The Kier molecular flexibility index (Phi) is 5.22. The molecule has 1 amide bonds. The molecule has 0 radical (unpaired) electrons. The minimum absolute atomic E-state index is 0.0880. The molecule has 0 aromatic carbocycles. The number of aryl methyl sites for hydroxylation is 1. The molecular formula is C15H24N2O2S2. The Hall–Kier alpha value is -0.720. The highest BCUT2D eigenvalue weighted by molar-refractivity contribution is 7.84. The Balaban J connectivity index is 2.23. The number of rotatable bonds is 6. The van der Waals surface area contributed by atoms with Gasteiger partial charge in [-0.25, -0.2) is 0 Å². The summed E-state index contributed by atoms with van der Waals surface area (Å²) in [6, 6.07) is 4.16. The Labute approximate surface area is 133 Å². The summed E-state index contributed by atoms with van der Waals surface area (Å²) in [6.45, 7) is 8.51. The van der Waals surface area contributed by atoms with Gasteiger partial charge in [0.2, 0.25) is 5.91 Å². The van der Waals surface area contributed by atoms with E-state index in [1.807, 2.05) is 25.7 Å². The molecule has 4 nitrogen and oxygen atoms in total. The molecular weight excluding hydrogens is 304 g/mol. The Morgan fingerprint density at radius 2 is 2.14 bits per heavy atom. The number of nitrogens with one attached hydrogen (secondary N) is 1. The van der Waals surface area contributed by atoms with Gasteiger partial charge in [0.05, 0.1) is 5.54 Å². The van der Waals surface area contributed by atoms with Crippen molar-refractivity contribution in [2.75, 3.05) is 18.1 Å². The fraction of sp³-hybridized carbons (Fsp3) is 0.667. The van der Waals surface area contributed by atoms with Crippen LogP contribution in [0.15, 0.2) is 12.1 Å². The van der Waals surface area contributed by atoms with E-state index in [0.29, 0.717) is 18.1 Å². The van der Waals surface area contributed by atoms with Crippen LogP contribution in [0.4, 0.5) is 0 Å². The lowest BCUT2D eigenvalue weighted by Gasteiger charge is -2.23. The van der Waals surface area contributed by atoms with Gasteiger partial charge in [-0.1, -0.05) is 13.8 Å². The number of hydrogen-bond donors (Lipinski definition) is 1. The van der Waals surface area contributed by atoms with E-state index in [2.05, 4.69) is 24.4 Å². The summed E-state index contributed by atoms with van der Waals surface area (Å²) in [6.07, 6.45) is 0.662. The summed E-state index contributed by atoms with van der Waals surface area (Å²) in [5, 5.41) is 3.48. The third-order valence-electron chi connectivity index (χ3n) is 4.12. The zero-order valence-electron chi connectivity index (χ0n) is 13.1. The number of carbonyl (C=O) groups excluding carboxylic acids is 1. The number of amides is 1. The first-order valence-corrected chi connectivity index (χ1v) is 9.71. The first-order chi connectivity index (χ1) is 9.91. The molecule has 1 saturated heterocycles. The second kappa shape index (κ2) is 6.58. The molecule has 1 aliphatic heterocycles. The average molecular weight is 329 g/mol. The molecule has 1 aromatic heterocycles. The molecule has 1 N–H and O–H groups in total. The molecule has 2 rings (SSSR count). The number of nitrogens with zero attached hydrogens (tertiary/aromatic N) is 1. The molecule has 21 heavy (non-hydrogen) atoms. The van der Waals surface area contributed by atoms with Crippen molar-refractivity contribution in [2.24, 2.45) is 0 Å². The third-order valence-corrected chi connectivity index (χ3v) is 6.45. The Bertz CT molecular complexity index is 544. The SMILES string of the molecule is CCS(=O)CCN1C(=O)C(C)(CC)NC1c1ccc(C)s1. The predicted octanol–water partition coefficient (Wildman–Crippen LogP) is 2.42. The summed E-state index contributed by atoms with van der Waals surface area (Å²) in [5.41, 5.74) is -0.518. The highest BCUT2D eigenvalue weighted by Crippen LogP contribution is 2.35. The first-order valence-electron chi connectivity index (χ1n) is 7.41. The maximum Gasteiger partial charge on any atom is 0.244 e. The maximum atomic E-state index is 12.7. The standard InChI is InChI=1S/C15H24N2O2S2/c1-5-15(4)14(18)17(9-10-21(19)6-2)13(16-15)12-8-7-11(3)20-12/h7-8,13,16H,5-6,9-10H2,1-4H3. The van der Waals surface area contributed by atoms with Gasteiger partial charge in [-0.05, 0) is 32.4 Å². The van der Waals surface area contributed by atoms with Crippen LogP contribution in [0.2, 0.25) is 0 Å². The van der Waals surface area contributed by atoms with Crippen LogP contribution in [0, 0.1) is 6.92 Å². The van der Waals surface area contributed by atoms with E-state index in [9.17, 15) is 9.00 Å². The van der Waals surface area contributed by atoms with Crippen molar-refractivity contribution in [3.8, 4) is 0 Å². The highest BCUT2D eigenvalue weighted by Gasteiger charge is 2.47. The molecule has 3 atom stereocenters. The van der Waals surface area contributed by atoms with Crippen LogP contribution in [0.25, 0.3) is 0 Å². The van der Waals surface area contributed by atoms with E-state index in [1.165, 1.54) is 4.88 Å². The normalized spacial score (nSPS) is 27.3. The van der Waals surface area contributed by atoms with Gasteiger partial charge in [0.1, 0.15) is 6.17 Å². The topological polar surface area (TPSA) is 49.4 Å². The minimum atomic E-state index is -0.849. The monoisotopic (exact) mass is 328 g/mol. The van der Waals surface area contributed by atoms with Gasteiger partial charge in [-0.3, -0.25) is 14.3 Å². The molecule has 0 bridgehead atoms. The van der Waals surface area contributed by atoms with Crippen molar-refractivity contribution in [3.05, 3.63) is 21.9 Å². The molecule has 3 unspecified atom stereocenters. The van der Waals surface area contributed by atoms with E-state index in [0.717, 1.165) is 11.3 Å². The fourth-order valence-electron chi connectivity index (χ4n) is 2.53. The quantitative estimate of drug-likeness (QED) is 0.872. The van der Waals surface area contributed by atoms with Crippen molar-refractivity contribution in [1.29, 1.82) is 0 Å². The highest BCUT2D eigenvalue weighted by atomic mass is 32.2. The van der Waals surface area contributed by atoms with Gasteiger partial charge in [0.25, 0.3) is 0 Å². The number of hydrogen-bond acceptors (Lipinski definition) is 4. The molecule has 118 valence electrons. The van der Waals surface area contributed by atoms with Crippen LogP contribution in [-0.4, -0.2) is 38.6 Å². The van der Waals surface area contributed by atoms with Crippen molar-refractivity contribution < 1.29 is 9.00 Å². The Morgan fingerprint density at radius 3 is 2.67 bits per heavy atom. The zero-order valence-corrected chi connectivity index (χ0v) is 14.8. The van der Waals surface area contributed by atoms with Crippen molar-refractivity contribution >= 4 is 28.0 Å². The lowest BCUT2D eigenvalue weighted by atomic mass is 9.99. The van der Waals surface area contributed by atoms with Crippen LogP contribution in [0.1, 0.15) is 43.1 Å². The van der Waals surface area contributed by atoms with Gasteiger partial charge < -0.3 is 4.90 Å². The largest absolute Gasteiger partial charge is 0.320 e. The lowest BCUT2D eigenvalue weighted by molar-refractivity contribution is -0.132. The summed E-state index contributed by atoms with van der Waals surface area (Å²) < 4.78 is 11.7. The minimum Gasteiger partial charge on any atom is -0.320 e. The molecule has 0 spiro atoms. The molecule has 1 aromatic rings. The van der Waals surface area contributed by atoms with Gasteiger partial charge in [-0.15, -0.1) is 11.3 Å². The van der Waals surface area contributed by atoms with Crippen LogP contribution in [0.5, 0.6) is 0 Å². The third kappa shape index (κ3) is 3.38. The Morgan fingerprint density at radius 1 is 1.43 bits per heavy atom. The summed E-state index contributed by atoms with van der Waals surface area (Å²) in [7, 11) is -0.849. The molecule has 1 fully saturated rings. The summed E-state index contributed by atoms with van der Waals surface area (Å²) in [4.78, 5) is 17.0. The number of carbonyl (C=O) groups is 1. The number of thiophene rings is 1. The molecule has 0 saturated carbocycles. The summed E-state index contributed by atoms with van der Waals surface area (Å²) in [5.74, 6) is 1.31. The molecule has 6 heteroatoms.